The van der Waals surface area contributed by atoms with Gasteiger partial charge in [0.1, 0.15) is 17.5 Å². The highest BCUT2D eigenvalue weighted by atomic mass is 16.5. The number of nitrogen functional groups attached to an aromatic ring is 2. The molecule has 0 fully saturated rings. The predicted octanol–water partition coefficient (Wildman–Crippen LogP) is 3.53. The zero-order valence-corrected chi connectivity index (χ0v) is 20.3. The van der Waals surface area contributed by atoms with Gasteiger partial charge in [-0.1, -0.05) is 43.3 Å². The number of aryl methyl sites for hydroxylation is 1. The Bertz CT molecular complexity index is 1640. The van der Waals surface area contributed by atoms with Gasteiger partial charge in [0.15, 0.2) is 11.6 Å². The van der Waals surface area contributed by atoms with Crippen LogP contribution in [0.15, 0.2) is 78.0 Å². The average Bonchev–Trinajstić information content (AvgIpc) is 2.93. The van der Waals surface area contributed by atoms with E-state index in [0.29, 0.717) is 22.5 Å². The van der Waals surface area contributed by atoms with Crippen molar-refractivity contribution in [3.05, 3.63) is 94.8 Å². The fourth-order valence-electron chi connectivity index (χ4n) is 3.78. The first-order valence-corrected chi connectivity index (χ1v) is 11.3. The van der Waals surface area contributed by atoms with Gasteiger partial charge in [-0.05, 0) is 30.0 Å². The molecule has 5 rings (SSSR count). The maximum atomic E-state index is 13.5. The number of fused-ring (bicyclic) bond motifs is 1. The second-order valence-electron chi connectivity index (χ2n) is 7.82. The van der Waals surface area contributed by atoms with Crippen LogP contribution in [0, 0.1) is 11.3 Å². The van der Waals surface area contributed by atoms with E-state index < -0.39 is 0 Å². The van der Waals surface area contributed by atoms with Crippen LogP contribution in [0.2, 0.25) is 0 Å². The average molecular weight is 493 g/mol. The van der Waals surface area contributed by atoms with Crippen molar-refractivity contribution >= 4 is 22.5 Å². The topological polar surface area (TPSA) is 159 Å². The van der Waals surface area contributed by atoms with Crippen molar-refractivity contribution in [2.45, 2.75) is 13.3 Å². The lowest BCUT2D eigenvalue weighted by Gasteiger charge is -2.15. The Hall–Kier alpha value is -5.30. The number of nitrogens with two attached hydrogens (primary N) is 2. The molecule has 4 N–H and O–H groups in total. The molecule has 0 aliphatic rings. The van der Waals surface area contributed by atoms with Crippen LogP contribution in [0.25, 0.3) is 27.8 Å². The number of aromatic nitrogens is 5. The number of ether oxygens (including phenoxy) is 1. The monoisotopic (exact) mass is 492 g/mol. The lowest BCUT2D eigenvalue weighted by molar-refractivity contribution is 0.411. The maximum absolute atomic E-state index is 13.5. The minimum Gasteiger partial charge on any atom is -0.494 e. The number of pyridine rings is 1. The molecule has 2 aromatic carbocycles. The van der Waals surface area contributed by atoms with Gasteiger partial charge in [0, 0.05) is 16.9 Å². The lowest BCUT2D eigenvalue weighted by Crippen LogP contribution is -2.22. The number of hydrogen-bond acceptors (Lipinski definition) is 9. The van der Waals surface area contributed by atoms with Crippen LogP contribution in [-0.4, -0.2) is 31.6 Å². The molecular formula is C27H24N8O2. The number of benzene rings is 2. The molecule has 0 unspecified atom stereocenters. The number of nitrogens with zero attached hydrogens (tertiary/aromatic N) is 6. The van der Waals surface area contributed by atoms with Crippen molar-refractivity contribution in [1.82, 2.24) is 24.5 Å². The van der Waals surface area contributed by atoms with Gasteiger partial charge < -0.3 is 16.2 Å². The Balaban J connectivity index is 0.000000270. The van der Waals surface area contributed by atoms with E-state index >= 15 is 0 Å². The Morgan fingerprint density at radius 1 is 1.00 bits per heavy atom. The Morgan fingerprint density at radius 2 is 1.73 bits per heavy atom. The van der Waals surface area contributed by atoms with Crippen molar-refractivity contribution in [2.24, 2.45) is 0 Å². The van der Waals surface area contributed by atoms with Crippen LogP contribution < -0.4 is 21.8 Å². The summed E-state index contributed by atoms with van der Waals surface area (Å²) in [7, 11) is 1.57. The zero-order valence-electron chi connectivity index (χ0n) is 20.3. The van der Waals surface area contributed by atoms with Crippen LogP contribution in [-0.2, 0) is 6.42 Å². The van der Waals surface area contributed by atoms with Crippen molar-refractivity contribution in [3.8, 4) is 28.9 Å². The van der Waals surface area contributed by atoms with Crippen LogP contribution in [0.1, 0.15) is 18.2 Å². The highest BCUT2D eigenvalue weighted by molar-refractivity contribution is 5.95. The molecule has 0 spiro atoms. The standard InChI is InChI=1S/C22H19N3O2.C5H5N5/c1-3-16-12-15-8-7-11-19(21-23-13-18(27-2)14-24-21)20(15)22(26)25(16)17-9-5-4-6-10-17;6-1-3-2-9-5(8)10-4(3)7/h4-14H,3H2,1-2H3;2H,(H4,7,8,9,10). The van der Waals surface area contributed by atoms with E-state index in [1.54, 1.807) is 24.1 Å². The minimum absolute atomic E-state index is 0.0643. The number of nitriles is 1. The number of anilines is 2. The first kappa shape index (κ1) is 24.8. The van der Waals surface area contributed by atoms with Gasteiger partial charge in [-0.25, -0.2) is 15.0 Å². The van der Waals surface area contributed by atoms with E-state index in [1.165, 1.54) is 6.20 Å². The molecule has 0 saturated carbocycles. The molecule has 0 saturated heterocycles. The number of hydrogen-bond donors (Lipinski definition) is 2. The van der Waals surface area contributed by atoms with Gasteiger partial charge in [0.05, 0.1) is 31.1 Å². The maximum Gasteiger partial charge on any atom is 0.263 e. The zero-order chi connectivity index (χ0) is 26.4. The van der Waals surface area contributed by atoms with Crippen LogP contribution in [0.5, 0.6) is 5.75 Å². The summed E-state index contributed by atoms with van der Waals surface area (Å²) in [5, 5.41) is 9.86. The van der Waals surface area contributed by atoms with Crippen molar-refractivity contribution in [1.29, 1.82) is 5.26 Å². The molecule has 3 aromatic heterocycles. The molecule has 0 bridgehead atoms. The second kappa shape index (κ2) is 11.0. The van der Waals surface area contributed by atoms with E-state index in [9.17, 15) is 4.79 Å². The number of para-hydroxylation sites is 1. The summed E-state index contributed by atoms with van der Waals surface area (Å²) in [6.07, 6.45) is 5.26. The van der Waals surface area contributed by atoms with Gasteiger partial charge >= 0.3 is 0 Å². The van der Waals surface area contributed by atoms with Crippen molar-refractivity contribution in [2.75, 3.05) is 18.6 Å². The fraction of sp³-hybridized carbons (Fsp3) is 0.111. The second-order valence-corrected chi connectivity index (χ2v) is 7.82. The van der Waals surface area contributed by atoms with E-state index in [2.05, 4.69) is 32.9 Å². The predicted molar refractivity (Wildman–Crippen MR) is 142 cm³/mol. The Morgan fingerprint density at radius 3 is 2.35 bits per heavy atom. The summed E-state index contributed by atoms with van der Waals surface area (Å²) in [6.45, 7) is 2.05. The normalized spacial score (nSPS) is 10.3. The van der Waals surface area contributed by atoms with Crippen LogP contribution in [0.4, 0.5) is 11.8 Å². The molecule has 0 amide bonds. The van der Waals surface area contributed by atoms with Gasteiger partial charge in [-0.2, -0.15) is 10.2 Å². The molecule has 184 valence electrons. The summed E-state index contributed by atoms with van der Waals surface area (Å²) < 4.78 is 6.91. The quantitative estimate of drug-likeness (QED) is 0.382. The Labute approximate surface area is 212 Å². The van der Waals surface area contributed by atoms with Gasteiger partial charge in [-0.15, -0.1) is 0 Å². The molecule has 0 radical (unpaired) electrons. The first-order chi connectivity index (χ1) is 18.0. The third-order valence-electron chi connectivity index (χ3n) is 5.56. The van der Waals surface area contributed by atoms with Gasteiger partial charge in [-0.3, -0.25) is 9.36 Å². The van der Waals surface area contributed by atoms with Gasteiger partial charge in [0.25, 0.3) is 5.56 Å². The highest BCUT2D eigenvalue weighted by Crippen LogP contribution is 2.26. The molecular weight excluding hydrogens is 468 g/mol. The van der Waals surface area contributed by atoms with Crippen LogP contribution in [0.3, 0.4) is 0 Å². The molecule has 10 heteroatoms. The Kier molecular flexibility index (Phi) is 7.35. The molecule has 0 atom stereocenters. The fourth-order valence-corrected chi connectivity index (χ4v) is 3.78. The number of rotatable bonds is 4. The molecule has 5 aromatic rings. The van der Waals surface area contributed by atoms with Crippen molar-refractivity contribution < 1.29 is 4.74 Å². The molecule has 10 nitrogen and oxygen atoms in total. The summed E-state index contributed by atoms with van der Waals surface area (Å²) in [4.78, 5) is 29.4. The third-order valence-corrected chi connectivity index (χ3v) is 5.56. The minimum atomic E-state index is -0.0643. The smallest absolute Gasteiger partial charge is 0.263 e. The third kappa shape index (κ3) is 5.21. The van der Waals surface area contributed by atoms with Crippen LogP contribution >= 0.6 is 0 Å². The first-order valence-electron chi connectivity index (χ1n) is 11.3. The van der Waals surface area contributed by atoms with E-state index in [-0.39, 0.29) is 22.9 Å². The number of methoxy groups -OCH3 is 1. The van der Waals surface area contributed by atoms with E-state index in [4.69, 9.17) is 21.5 Å². The molecule has 37 heavy (non-hydrogen) atoms. The van der Waals surface area contributed by atoms with Gasteiger partial charge in [0.2, 0.25) is 5.95 Å². The van der Waals surface area contributed by atoms with E-state index in [1.807, 2.05) is 54.6 Å². The van der Waals surface area contributed by atoms with E-state index in [0.717, 1.165) is 23.2 Å². The summed E-state index contributed by atoms with van der Waals surface area (Å²) in [5.74, 6) is 1.28. The molecule has 0 aliphatic carbocycles. The van der Waals surface area contributed by atoms with Crippen molar-refractivity contribution in [3.63, 3.8) is 0 Å². The lowest BCUT2D eigenvalue weighted by atomic mass is 10.0. The SMILES string of the molecule is CCc1cc2cccc(-c3ncc(OC)cn3)c2c(=O)n1-c1ccccc1.N#Cc1cnc(N)nc1N. The summed E-state index contributed by atoms with van der Waals surface area (Å²) in [5.41, 5.74) is 13.2. The highest BCUT2D eigenvalue weighted by Gasteiger charge is 2.15. The summed E-state index contributed by atoms with van der Waals surface area (Å²) >= 11 is 0. The molecule has 3 heterocycles. The molecule has 0 aliphatic heterocycles. The summed E-state index contributed by atoms with van der Waals surface area (Å²) in [6, 6.07) is 19.3. The largest absolute Gasteiger partial charge is 0.494 e.